The lowest BCUT2D eigenvalue weighted by atomic mass is 10.1. The number of nitrogens with two attached hydrogens (primary N) is 1. The topological polar surface area (TPSA) is 91.2 Å². The van der Waals surface area contributed by atoms with Gasteiger partial charge in [-0.05, 0) is 19.3 Å². The van der Waals surface area contributed by atoms with Crippen LogP contribution in [-0.4, -0.2) is 28.0 Å². The van der Waals surface area contributed by atoms with E-state index in [1.165, 1.54) is 6.42 Å². The minimum Gasteiger partial charge on any atom is -0.423 e. The first-order valence-corrected chi connectivity index (χ1v) is 5.06. The van der Waals surface area contributed by atoms with Gasteiger partial charge >= 0.3 is 0 Å². The molecule has 6 heteroatoms. The van der Waals surface area contributed by atoms with Crippen molar-refractivity contribution in [1.29, 1.82) is 5.41 Å². The van der Waals surface area contributed by atoms with Crippen LogP contribution >= 0.6 is 0 Å². The molecular formula is C9H15N5O. The molecule has 15 heavy (non-hydrogen) atoms. The van der Waals surface area contributed by atoms with Crippen LogP contribution < -0.4 is 16.3 Å². The highest BCUT2D eigenvalue weighted by Gasteiger charge is 2.15. The van der Waals surface area contributed by atoms with Crippen molar-refractivity contribution in [3.63, 3.8) is 0 Å². The molecule has 0 saturated carbocycles. The highest BCUT2D eigenvalue weighted by molar-refractivity contribution is 5.62. The summed E-state index contributed by atoms with van der Waals surface area (Å²) in [6, 6.07) is 0. The maximum atomic E-state index is 9.43. The molecule has 6 nitrogen and oxygen atoms in total. The minimum absolute atomic E-state index is 0.192. The SMILES string of the molecule is N=c1ncc(N2CCCCC2)c(N)n1O. The molecule has 0 unspecified atom stereocenters. The molecule has 0 radical (unpaired) electrons. The third kappa shape index (κ3) is 1.74. The van der Waals surface area contributed by atoms with E-state index in [9.17, 15) is 5.21 Å². The van der Waals surface area contributed by atoms with Gasteiger partial charge in [0.25, 0.3) is 5.62 Å². The number of nitrogens with one attached hydrogen (secondary N) is 1. The Labute approximate surface area is 87.4 Å². The first-order valence-electron chi connectivity index (χ1n) is 5.06. The van der Waals surface area contributed by atoms with E-state index in [-0.39, 0.29) is 11.4 Å². The van der Waals surface area contributed by atoms with Crippen LogP contribution in [0.3, 0.4) is 0 Å². The van der Waals surface area contributed by atoms with E-state index in [2.05, 4.69) is 9.88 Å². The highest BCUT2D eigenvalue weighted by Crippen LogP contribution is 2.23. The quantitative estimate of drug-likeness (QED) is 0.575. The molecule has 1 aromatic heterocycles. The van der Waals surface area contributed by atoms with Gasteiger partial charge in [-0.25, -0.2) is 4.98 Å². The number of hydrogen-bond donors (Lipinski definition) is 3. The Morgan fingerprint density at radius 3 is 2.67 bits per heavy atom. The first-order chi connectivity index (χ1) is 7.20. The van der Waals surface area contributed by atoms with E-state index in [0.717, 1.165) is 25.9 Å². The highest BCUT2D eigenvalue weighted by atomic mass is 16.5. The van der Waals surface area contributed by atoms with Gasteiger partial charge in [0.15, 0.2) is 5.82 Å². The lowest BCUT2D eigenvalue weighted by Crippen LogP contribution is -2.33. The summed E-state index contributed by atoms with van der Waals surface area (Å²) in [7, 11) is 0. The first kappa shape index (κ1) is 9.82. The number of rotatable bonds is 1. The van der Waals surface area contributed by atoms with Crippen molar-refractivity contribution in [2.45, 2.75) is 19.3 Å². The zero-order valence-corrected chi connectivity index (χ0v) is 8.48. The summed E-state index contributed by atoms with van der Waals surface area (Å²) in [6.07, 6.45) is 5.05. The molecule has 1 aliphatic heterocycles. The Balaban J connectivity index is 2.35. The van der Waals surface area contributed by atoms with E-state index < -0.39 is 0 Å². The molecule has 0 spiro atoms. The number of aromatic nitrogens is 2. The second-order valence-corrected chi connectivity index (χ2v) is 3.71. The Morgan fingerprint density at radius 2 is 2.00 bits per heavy atom. The second-order valence-electron chi connectivity index (χ2n) is 3.71. The molecule has 0 amide bonds. The molecule has 1 aliphatic rings. The lowest BCUT2D eigenvalue weighted by molar-refractivity contribution is 0.171. The van der Waals surface area contributed by atoms with Crippen LogP contribution in [0.5, 0.6) is 0 Å². The third-order valence-electron chi connectivity index (χ3n) is 2.70. The van der Waals surface area contributed by atoms with Crippen LogP contribution in [0.4, 0.5) is 11.5 Å². The van der Waals surface area contributed by atoms with Crippen LogP contribution in [0.2, 0.25) is 0 Å². The average molecular weight is 209 g/mol. The molecule has 1 fully saturated rings. The van der Waals surface area contributed by atoms with Crippen molar-refractivity contribution in [2.75, 3.05) is 23.7 Å². The maximum absolute atomic E-state index is 9.43. The Bertz CT molecular complexity index is 407. The van der Waals surface area contributed by atoms with Crippen molar-refractivity contribution in [1.82, 2.24) is 9.71 Å². The molecule has 0 bridgehead atoms. The Morgan fingerprint density at radius 1 is 1.33 bits per heavy atom. The molecule has 2 rings (SSSR count). The molecule has 4 N–H and O–H groups in total. The number of anilines is 2. The van der Waals surface area contributed by atoms with Gasteiger partial charge in [-0.15, -0.1) is 4.73 Å². The largest absolute Gasteiger partial charge is 0.423 e. The fraction of sp³-hybridized carbons (Fsp3) is 0.556. The van der Waals surface area contributed by atoms with Crippen LogP contribution in [0.1, 0.15) is 19.3 Å². The zero-order valence-electron chi connectivity index (χ0n) is 8.48. The minimum atomic E-state index is -0.242. The van der Waals surface area contributed by atoms with Crippen molar-refractivity contribution < 1.29 is 5.21 Å². The standard InChI is InChI=1S/C9H15N5O/c10-8-7(6-12-9(11)14(8)15)13-4-2-1-3-5-13/h6,11,15H,1-5,10H2. The van der Waals surface area contributed by atoms with Gasteiger partial charge in [0.05, 0.1) is 11.9 Å². The predicted octanol–water partition coefficient (Wildman–Crippen LogP) is 0.172. The van der Waals surface area contributed by atoms with Gasteiger partial charge in [-0.2, -0.15) is 0 Å². The summed E-state index contributed by atoms with van der Waals surface area (Å²) < 4.78 is 0.615. The summed E-state index contributed by atoms with van der Waals surface area (Å²) in [4.78, 5) is 5.87. The number of hydrogen-bond acceptors (Lipinski definition) is 5. The van der Waals surface area contributed by atoms with Gasteiger partial charge in [-0.3, -0.25) is 5.41 Å². The van der Waals surface area contributed by atoms with Crippen molar-refractivity contribution >= 4 is 11.5 Å². The smallest absolute Gasteiger partial charge is 0.257 e. The Kier molecular flexibility index (Phi) is 2.49. The van der Waals surface area contributed by atoms with Gasteiger partial charge in [-0.1, -0.05) is 0 Å². The normalized spacial score (nSPS) is 16.7. The monoisotopic (exact) mass is 209 g/mol. The van der Waals surface area contributed by atoms with Crippen molar-refractivity contribution in [3.05, 3.63) is 11.8 Å². The van der Waals surface area contributed by atoms with Gasteiger partial charge in [0, 0.05) is 13.1 Å². The summed E-state index contributed by atoms with van der Waals surface area (Å²) in [5, 5.41) is 16.7. The number of nitrogens with zero attached hydrogens (tertiary/aromatic N) is 3. The van der Waals surface area contributed by atoms with Crippen LogP contribution in [0, 0.1) is 5.41 Å². The van der Waals surface area contributed by atoms with Crippen LogP contribution in [0.25, 0.3) is 0 Å². The molecule has 82 valence electrons. The molecule has 0 aromatic carbocycles. The van der Waals surface area contributed by atoms with Gasteiger partial charge < -0.3 is 15.8 Å². The molecule has 2 heterocycles. The predicted molar refractivity (Wildman–Crippen MR) is 55.7 cm³/mol. The van der Waals surface area contributed by atoms with E-state index in [4.69, 9.17) is 11.1 Å². The van der Waals surface area contributed by atoms with E-state index in [1.54, 1.807) is 6.20 Å². The molecule has 1 saturated heterocycles. The maximum Gasteiger partial charge on any atom is 0.257 e. The summed E-state index contributed by atoms with van der Waals surface area (Å²) in [6.45, 7) is 1.87. The van der Waals surface area contributed by atoms with E-state index in [0.29, 0.717) is 10.4 Å². The molecule has 0 aliphatic carbocycles. The van der Waals surface area contributed by atoms with Gasteiger partial charge in [0.2, 0.25) is 0 Å². The van der Waals surface area contributed by atoms with Crippen LogP contribution in [-0.2, 0) is 0 Å². The lowest BCUT2D eigenvalue weighted by Gasteiger charge is -2.29. The fourth-order valence-corrected chi connectivity index (χ4v) is 1.84. The molecular weight excluding hydrogens is 194 g/mol. The van der Waals surface area contributed by atoms with E-state index >= 15 is 0 Å². The van der Waals surface area contributed by atoms with Crippen LogP contribution in [0.15, 0.2) is 6.20 Å². The number of nitrogen functional groups attached to an aromatic ring is 1. The Hall–Kier alpha value is -1.72. The van der Waals surface area contributed by atoms with Crippen molar-refractivity contribution in [3.8, 4) is 0 Å². The molecule has 1 aromatic rings. The average Bonchev–Trinajstić information content (AvgIpc) is 2.27. The summed E-state index contributed by atoms with van der Waals surface area (Å²) in [5.74, 6) is 0.192. The van der Waals surface area contributed by atoms with Crippen molar-refractivity contribution in [2.24, 2.45) is 0 Å². The van der Waals surface area contributed by atoms with E-state index in [1.807, 2.05) is 0 Å². The zero-order chi connectivity index (χ0) is 10.8. The summed E-state index contributed by atoms with van der Waals surface area (Å²) in [5.41, 5.74) is 6.20. The third-order valence-corrected chi connectivity index (χ3v) is 2.70. The number of piperidine rings is 1. The molecule has 0 atom stereocenters. The fourth-order valence-electron chi connectivity index (χ4n) is 1.84. The van der Waals surface area contributed by atoms with Gasteiger partial charge in [0.1, 0.15) is 0 Å². The second kappa shape index (κ2) is 3.80. The summed E-state index contributed by atoms with van der Waals surface area (Å²) >= 11 is 0.